The van der Waals surface area contributed by atoms with Crippen LogP contribution in [-0.4, -0.2) is 25.3 Å². The van der Waals surface area contributed by atoms with Crippen molar-refractivity contribution in [3.05, 3.63) is 58.5 Å². The summed E-state index contributed by atoms with van der Waals surface area (Å²) in [7, 11) is 3.20. The Labute approximate surface area is 161 Å². The van der Waals surface area contributed by atoms with Crippen molar-refractivity contribution in [2.75, 3.05) is 14.2 Å². The summed E-state index contributed by atoms with van der Waals surface area (Å²) in [6.07, 6.45) is 0.332. The second-order valence-corrected chi connectivity index (χ2v) is 7.63. The number of thiophene rings is 1. The van der Waals surface area contributed by atoms with Crippen molar-refractivity contribution in [1.29, 1.82) is 5.26 Å². The molecular weight excluding hydrogens is 362 g/mol. The van der Waals surface area contributed by atoms with Gasteiger partial charge in [0.25, 0.3) is 0 Å². The van der Waals surface area contributed by atoms with Crippen LogP contribution in [0.25, 0.3) is 10.1 Å². The molecule has 1 aromatic heterocycles. The molecule has 138 valence electrons. The molecule has 0 bridgehead atoms. The summed E-state index contributed by atoms with van der Waals surface area (Å²) in [4.78, 5) is 13.1. The number of ether oxygens (including phenoxy) is 2. The molecular formula is C21H19NO4S. The number of carbonyl (C=O) groups is 1. The first-order chi connectivity index (χ1) is 12.9. The molecule has 27 heavy (non-hydrogen) atoms. The average Bonchev–Trinajstić information content (AvgIpc) is 3.08. The topological polar surface area (TPSA) is 79.6 Å². The quantitative estimate of drug-likeness (QED) is 0.686. The standard InChI is InChI=1S/C21H19NO4S/c1-21(20(23)24,14-6-4-13(12-22)5-7-14)11-16-10-17-18(26-3)8-15(25-2)9-19(17)27-16/h4-10H,11H2,1-3H3,(H,23,24). The second kappa shape index (κ2) is 7.29. The Kier molecular flexibility index (Phi) is 5.06. The van der Waals surface area contributed by atoms with Gasteiger partial charge in [-0.25, -0.2) is 0 Å². The third-order valence-electron chi connectivity index (χ3n) is 4.73. The van der Waals surface area contributed by atoms with E-state index in [1.807, 2.05) is 18.2 Å². The molecule has 3 aromatic rings. The largest absolute Gasteiger partial charge is 0.497 e. The molecule has 0 aliphatic carbocycles. The normalized spacial score (nSPS) is 13.0. The van der Waals surface area contributed by atoms with E-state index in [1.54, 1.807) is 45.4 Å². The molecule has 0 aliphatic heterocycles. The summed E-state index contributed by atoms with van der Waals surface area (Å²) < 4.78 is 11.7. The predicted molar refractivity (Wildman–Crippen MR) is 105 cm³/mol. The lowest BCUT2D eigenvalue weighted by Crippen LogP contribution is -2.34. The third-order valence-corrected chi connectivity index (χ3v) is 5.81. The van der Waals surface area contributed by atoms with E-state index in [-0.39, 0.29) is 0 Å². The molecule has 2 aromatic carbocycles. The van der Waals surface area contributed by atoms with Crippen molar-refractivity contribution in [3.63, 3.8) is 0 Å². The summed E-state index contributed by atoms with van der Waals surface area (Å²) in [6, 6.07) is 14.5. The van der Waals surface area contributed by atoms with Crippen LogP contribution >= 0.6 is 11.3 Å². The van der Waals surface area contributed by atoms with E-state index in [0.717, 1.165) is 15.0 Å². The Balaban J connectivity index is 2.04. The number of nitrogens with zero attached hydrogens (tertiary/aromatic N) is 1. The number of benzene rings is 2. The van der Waals surface area contributed by atoms with Gasteiger partial charge in [-0.1, -0.05) is 12.1 Å². The van der Waals surface area contributed by atoms with Crippen LogP contribution in [0.5, 0.6) is 11.5 Å². The molecule has 1 N–H and O–H groups in total. The number of rotatable bonds is 6. The van der Waals surface area contributed by atoms with Crippen molar-refractivity contribution < 1.29 is 19.4 Å². The van der Waals surface area contributed by atoms with Gasteiger partial charge in [0, 0.05) is 27.5 Å². The van der Waals surface area contributed by atoms with Crippen LogP contribution in [0.2, 0.25) is 0 Å². The molecule has 1 atom stereocenters. The Morgan fingerprint density at radius 1 is 1.19 bits per heavy atom. The number of aliphatic carboxylic acids is 1. The molecule has 0 radical (unpaired) electrons. The summed E-state index contributed by atoms with van der Waals surface area (Å²) in [5.74, 6) is 0.484. The van der Waals surface area contributed by atoms with Gasteiger partial charge in [-0.05, 0) is 36.8 Å². The summed E-state index contributed by atoms with van der Waals surface area (Å²) in [6.45, 7) is 1.71. The predicted octanol–water partition coefficient (Wildman–Crippen LogP) is 4.38. The highest BCUT2D eigenvalue weighted by Crippen LogP contribution is 2.39. The van der Waals surface area contributed by atoms with Gasteiger partial charge in [0.05, 0.1) is 31.3 Å². The zero-order chi connectivity index (χ0) is 19.6. The van der Waals surface area contributed by atoms with E-state index in [1.165, 1.54) is 11.3 Å². The van der Waals surface area contributed by atoms with E-state index < -0.39 is 11.4 Å². The van der Waals surface area contributed by atoms with Gasteiger partial charge in [0.1, 0.15) is 11.5 Å². The van der Waals surface area contributed by atoms with Gasteiger partial charge in [-0.3, -0.25) is 4.79 Å². The minimum atomic E-state index is -1.10. The zero-order valence-corrected chi connectivity index (χ0v) is 16.1. The number of hydrogen-bond donors (Lipinski definition) is 1. The maximum atomic E-state index is 12.1. The monoisotopic (exact) mass is 381 g/mol. The average molecular weight is 381 g/mol. The van der Waals surface area contributed by atoms with Gasteiger partial charge in [-0.15, -0.1) is 11.3 Å². The number of carboxylic acids is 1. The van der Waals surface area contributed by atoms with Gasteiger partial charge >= 0.3 is 5.97 Å². The fourth-order valence-corrected chi connectivity index (χ4v) is 4.34. The maximum Gasteiger partial charge on any atom is 0.314 e. The maximum absolute atomic E-state index is 12.1. The molecule has 1 unspecified atom stereocenters. The SMILES string of the molecule is COc1cc(OC)c2cc(CC(C)(C(=O)O)c3ccc(C#N)cc3)sc2c1. The molecule has 3 rings (SSSR count). The van der Waals surface area contributed by atoms with E-state index in [9.17, 15) is 9.90 Å². The first-order valence-electron chi connectivity index (χ1n) is 8.29. The molecule has 0 aliphatic rings. The first kappa shape index (κ1) is 18.7. The van der Waals surface area contributed by atoms with E-state index in [2.05, 4.69) is 6.07 Å². The van der Waals surface area contributed by atoms with Crippen LogP contribution in [-0.2, 0) is 16.6 Å². The van der Waals surface area contributed by atoms with Gasteiger partial charge in [0.15, 0.2) is 0 Å². The summed E-state index contributed by atoms with van der Waals surface area (Å²) in [5, 5.41) is 19.8. The zero-order valence-electron chi connectivity index (χ0n) is 15.3. The first-order valence-corrected chi connectivity index (χ1v) is 9.11. The van der Waals surface area contributed by atoms with Crippen LogP contribution in [0.3, 0.4) is 0 Å². The fourth-order valence-electron chi connectivity index (χ4n) is 3.07. The molecule has 0 saturated carbocycles. The Morgan fingerprint density at radius 3 is 2.44 bits per heavy atom. The van der Waals surface area contributed by atoms with Crippen molar-refractivity contribution in [2.24, 2.45) is 0 Å². The number of nitriles is 1. The molecule has 0 fully saturated rings. The molecule has 0 spiro atoms. The number of carboxylic acid groups (broad SMARTS) is 1. The third kappa shape index (κ3) is 3.46. The number of hydrogen-bond acceptors (Lipinski definition) is 5. The molecule has 0 amide bonds. The highest BCUT2D eigenvalue weighted by molar-refractivity contribution is 7.19. The molecule has 0 saturated heterocycles. The van der Waals surface area contributed by atoms with Crippen molar-refractivity contribution in [3.8, 4) is 17.6 Å². The van der Waals surface area contributed by atoms with Crippen LogP contribution in [0.1, 0.15) is 22.9 Å². The van der Waals surface area contributed by atoms with Crippen LogP contribution in [0.4, 0.5) is 0 Å². The van der Waals surface area contributed by atoms with Crippen molar-refractivity contribution >= 4 is 27.4 Å². The summed E-state index contributed by atoms with van der Waals surface area (Å²) >= 11 is 1.53. The Bertz CT molecular complexity index is 1030. The Hall–Kier alpha value is -3.04. The van der Waals surface area contributed by atoms with Gasteiger partial charge < -0.3 is 14.6 Å². The smallest absolute Gasteiger partial charge is 0.314 e. The lowest BCUT2D eigenvalue weighted by molar-refractivity contribution is -0.143. The Morgan fingerprint density at radius 2 is 1.89 bits per heavy atom. The number of methoxy groups -OCH3 is 2. The summed E-state index contributed by atoms with van der Waals surface area (Å²) in [5.41, 5.74) is 0.0628. The lowest BCUT2D eigenvalue weighted by atomic mass is 9.79. The minimum absolute atomic E-state index is 0.332. The number of fused-ring (bicyclic) bond motifs is 1. The van der Waals surface area contributed by atoms with Gasteiger partial charge in [0.2, 0.25) is 0 Å². The van der Waals surface area contributed by atoms with Crippen molar-refractivity contribution in [1.82, 2.24) is 0 Å². The minimum Gasteiger partial charge on any atom is -0.497 e. The second-order valence-electron chi connectivity index (χ2n) is 6.46. The van der Waals surface area contributed by atoms with E-state index >= 15 is 0 Å². The van der Waals surface area contributed by atoms with Crippen LogP contribution in [0.15, 0.2) is 42.5 Å². The van der Waals surface area contributed by atoms with Crippen molar-refractivity contribution in [2.45, 2.75) is 18.8 Å². The van der Waals surface area contributed by atoms with Crippen LogP contribution < -0.4 is 9.47 Å². The van der Waals surface area contributed by atoms with E-state index in [4.69, 9.17) is 14.7 Å². The highest BCUT2D eigenvalue weighted by atomic mass is 32.1. The highest BCUT2D eigenvalue weighted by Gasteiger charge is 2.36. The van der Waals surface area contributed by atoms with Crippen LogP contribution in [0, 0.1) is 11.3 Å². The lowest BCUT2D eigenvalue weighted by Gasteiger charge is -2.24. The van der Waals surface area contributed by atoms with Gasteiger partial charge in [-0.2, -0.15) is 5.26 Å². The molecule has 1 heterocycles. The molecule has 6 heteroatoms. The molecule has 5 nitrogen and oxygen atoms in total. The van der Waals surface area contributed by atoms with E-state index in [0.29, 0.717) is 29.0 Å². The fraction of sp³-hybridized carbons (Fsp3) is 0.238.